The van der Waals surface area contributed by atoms with Crippen molar-refractivity contribution < 1.29 is 9.84 Å². The molecule has 17 heavy (non-hydrogen) atoms. The van der Waals surface area contributed by atoms with Crippen LogP contribution in [0, 0.1) is 0 Å². The largest absolute Gasteiger partial charge is 0.492 e. The summed E-state index contributed by atoms with van der Waals surface area (Å²) in [5, 5.41) is 9.91. The van der Waals surface area contributed by atoms with E-state index in [4.69, 9.17) is 16.3 Å². The van der Waals surface area contributed by atoms with E-state index >= 15 is 0 Å². The molecule has 0 saturated carbocycles. The topological polar surface area (TPSA) is 32.7 Å². The SMILES string of the molecule is OCC1CCCN1CCOc1ccc(Cl)cc1. The Bertz CT molecular complexity index is 342. The third-order valence-electron chi connectivity index (χ3n) is 3.17. The van der Waals surface area contributed by atoms with Crippen molar-refractivity contribution in [2.24, 2.45) is 0 Å². The van der Waals surface area contributed by atoms with Crippen molar-refractivity contribution in [1.29, 1.82) is 0 Å². The highest BCUT2D eigenvalue weighted by Crippen LogP contribution is 2.17. The number of aliphatic hydroxyl groups excluding tert-OH is 1. The summed E-state index contributed by atoms with van der Waals surface area (Å²) in [6.45, 7) is 2.84. The minimum atomic E-state index is 0.251. The van der Waals surface area contributed by atoms with Crippen LogP contribution in [0.5, 0.6) is 5.75 Å². The smallest absolute Gasteiger partial charge is 0.119 e. The van der Waals surface area contributed by atoms with Crippen molar-refractivity contribution in [3.8, 4) is 5.75 Å². The molecule has 1 unspecified atom stereocenters. The van der Waals surface area contributed by atoms with E-state index in [2.05, 4.69) is 4.90 Å². The lowest BCUT2D eigenvalue weighted by molar-refractivity contribution is 0.139. The maximum absolute atomic E-state index is 9.19. The van der Waals surface area contributed by atoms with Crippen LogP contribution in [-0.4, -0.2) is 42.4 Å². The van der Waals surface area contributed by atoms with Gasteiger partial charge >= 0.3 is 0 Å². The van der Waals surface area contributed by atoms with Crippen LogP contribution in [0.4, 0.5) is 0 Å². The van der Waals surface area contributed by atoms with E-state index in [1.807, 2.05) is 24.3 Å². The molecule has 1 heterocycles. The van der Waals surface area contributed by atoms with E-state index < -0.39 is 0 Å². The lowest BCUT2D eigenvalue weighted by Crippen LogP contribution is -2.35. The summed E-state index contributed by atoms with van der Waals surface area (Å²) < 4.78 is 5.63. The number of rotatable bonds is 5. The van der Waals surface area contributed by atoms with Crippen LogP contribution in [-0.2, 0) is 0 Å². The zero-order valence-corrected chi connectivity index (χ0v) is 10.6. The van der Waals surface area contributed by atoms with Crippen molar-refractivity contribution in [2.45, 2.75) is 18.9 Å². The molecule has 4 heteroatoms. The second-order valence-corrected chi connectivity index (χ2v) is 4.75. The molecule has 1 atom stereocenters. The molecular formula is C13H18ClNO2. The summed E-state index contributed by atoms with van der Waals surface area (Å²) in [6, 6.07) is 7.71. The molecule has 0 amide bonds. The van der Waals surface area contributed by atoms with Gasteiger partial charge in [-0.1, -0.05) is 11.6 Å². The third-order valence-corrected chi connectivity index (χ3v) is 3.42. The maximum Gasteiger partial charge on any atom is 0.119 e. The van der Waals surface area contributed by atoms with Gasteiger partial charge in [-0.2, -0.15) is 0 Å². The summed E-state index contributed by atoms with van der Waals surface area (Å²) in [4.78, 5) is 2.29. The molecule has 0 bridgehead atoms. The van der Waals surface area contributed by atoms with Crippen molar-refractivity contribution in [2.75, 3.05) is 26.3 Å². The number of nitrogens with zero attached hydrogens (tertiary/aromatic N) is 1. The molecule has 1 fully saturated rings. The Morgan fingerprint density at radius 2 is 2.12 bits per heavy atom. The molecule has 0 spiro atoms. The van der Waals surface area contributed by atoms with Crippen LogP contribution in [0.3, 0.4) is 0 Å². The van der Waals surface area contributed by atoms with Gasteiger partial charge in [-0.05, 0) is 43.7 Å². The molecule has 1 aromatic rings. The number of aliphatic hydroxyl groups is 1. The number of ether oxygens (including phenoxy) is 1. The highest BCUT2D eigenvalue weighted by atomic mass is 35.5. The fraction of sp³-hybridized carbons (Fsp3) is 0.538. The molecule has 1 aliphatic heterocycles. The first-order valence-electron chi connectivity index (χ1n) is 6.03. The lowest BCUT2D eigenvalue weighted by atomic mass is 10.2. The second kappa shape index (κ2) is 6.24. The van der Waals surface area contributed by atoms with Gasteiger partial charge in [-0.15, -0.1) is 0 Å². The zero-order valence-electron chi connectivity index (χ0n) is 9.81. The Labute approximate surface area is 107 Å². The molecule has 94 valence electrons. The first kappa shape index (κ1) is 12.7. The monoisotopic (exact) mass is 255 g/mol. The van der Waals surface area contributed by atoms with Gasteiger partial charge in [0.05, 0.1) is 6.61 Å². The zero-order chi connectivity index (χ0) is 12.1. The van der Waals surface area contributed by atoms with E-state index in [0.29, 0.717) is 12.6 Å². The number of hydrogen-bond donors (Lipinski definition) is 1. The summed E-state index contributed by atoms with van der Waals surface area (Å²) in [5.41, 5.74) is 0. The standard InChI is InChI=1S/C13H18ClNO2/c14-11-3-5-13(6-4-11)17-9-8-15-7-1-2-12(15)10-16/h3-6,12,16H,1-2,7-10H2. The predicted octanol–water partition coefficient (Wildman–Crippen LogP) is 2.18. The molecule has 3 nitrogen and oxygen atoms in total. The number of hydrogen-bond acceptors (Lipinski definition) is 3. The molecule has 0 radical (unpaired) electrons. The van der Waals surface area contributed by atoms with Crippen molar-refractivity contribution in [3.63, 3.8) is 0 Å². The fourth-order valence-corrected chi connectivity index (χ4v) is 2.33. The Balaban J connectivity index is 1.74. The van der Waals surface area contributed by atoms with Crippen LogP contribution in [0.15, 0.2) is 24.3 Å². The maximum atomic E-state index is 9.19. The van der Waals surface area contributed by atoms with Gasteiger partial charge in [0, 0.05) is 17.6 Å². The Kier molecular flexibility index (Phi) is 4.66. The van der Waals surface area contributed by atoms with Gasteiger partial charge in [-0.3, -0.25) is 4.90 Å². The Morgan fingerprint density at radius 1 is 1.35 bits per heavy atom. The predicted molar refractivity (Wildman–Crippen MR) is 68.6 cm³/mol. The third kappa shape index (κ3) is 3.60. The molecule has 0 aliphatic carbocycles. The van der Waals surface area contributed by atoms with Gasteiger partial charge in [0.15, 0.2) is 0 Å². The van der Waals surface area contributed by atoms with Crippen molar-refractivity contribution in [3.05, 3.63) is 29.3 Å². The highest BCUT2D eigenvalue weighted by Gasteiger charge is 2.22. The van der Waals surface area contributed by atoms with Crippen LogP contribution in [0.2, 0.25) is 5.02 Å². The molecule has 1 aromatic carbocycles. The quantitative estimate of drug-likeness (QED) is 0.875. The van der Waals surface area contributed by atoms with Crippen LogP contribution < -0.4 is 4.74 Å². The van der Waals surface area contributed by atoms with Gasteiger partial charge in [0.1, 0.15) is 12.4 Å². The van der Waals surface area contributed by atoms with Crippen molar-refractivity contribution >= 4 is 11.6 Å². The number of likely N-dealkylation sites (tertiary alicyclic amines) is 1. The molecular weight excluding hydrogens is 238 g/mol. The van der Waals surface area contributed by atoms with Gasteiger partial charge < -0.3 is 9.84 Å². The van der Waals surface area contributed by atoms with Crippen LogP contribution >= 0.6 is 11.6 Å². The van der Waals surface area contributed by atoms with Crippen LogP contribution in [0.1, 0.15) is 12.8 Å². The first-order chi connectivity index (χ1) is 8.29. The average Bonchev–Trinajstić information content (AvgIpc) is 2.79. The van der Waals surface area contributed by atoms with Gasteiger partial charge in [0.2, 0.25) is 0 Å². The molecule has 1 aliphatic rings. The molecule has 2 rings (SSSR count). The summed E-state index contributed by atoms with van der Waals surface area (Å²) in [5.74, 6) is 0.842. The number of halogens is 1. The second-order valence-electron chi connectivity index (χ2n) is 4.32. The molecule has 0 aromatic heterocycles. The van der Waals surface area contributed by atoms with E-state index in [1.54, 1.807) is 0 Å². The van der Waals surface area contributed by atoms with E-state index in [1.165, 1.54) is 6.42 Å². The highest BCUT2D eigenvalue weighted by molar-refractivity contribution is 6.30. The lowest BCUT2D eigenvalue weighted by Gasteiger charge is -2.22. The Morgan fingerprint density at radius 3 is 2.82 bits per heavy atom. The van der Waals surface area contributed by atoms with E-state index in [0.717, 1.165) is 30.3 Å². The molecule has 1 N–H and O–H groups in total. The van der Waals surface area contributed by atoms with Crippen molar-refractivity contribution in [1.82, 2.24) is 4.90 Å². The van der Waals surface area contributed by atoms with E-state index in [9.17, 15) is 5.11 Å². The summed E-state index contributed by atoms with van der Waals surface area (Å²) in [6.07, 6.45) is 2.27. The fourth-order valence-electron chi connectivity index (χ4n) is 2.21. The summed E-state index contributed by atoms with van der Waals surface area (Å²) >= 11 is 5.80. The Hall–Kier alpha value is -0.770. The molecule has 1 saturated heterocycles. The minimum absolute atomic E-state index is 0.251. The van der Waals surface area contributed by atoms with Gasteiger partial charge in [0.25, 0.3) is 0 Å². The normalized spacial score (nSPS) is 20.7. The minimum Gasteiger partial charge on any atom is -0.492 e. The summed E-state index contributed by atoms with van der Waals surface area (Å²) in [7, 11) is 0. The van der Waals surface area contributed by atoms with E-state index in [-0.39, 0.29) is 6.61 Å². The van der Waals surface area contributed by atoms with Gasteiger partial charge in [-0.25, -0.2) is 0 Å². The number of benzene rings is 1. The van der Waals surface area contributed by atoms with Crippen LogP contribution in [0.25, 0.3) is 0 Å². The first-order valence-corrected chi connectivity index (χ1v) is 6.40. The average molecular weight is 256 g/mol.